The summed E-state index contributed by atoms with van der Waals surface area (Å²) < 4.78 is 27.8. The molecule has 1 aromatic carbocycles. The summed E-state index contributed by atoms with van der Waals surface area (Å²) in [7, 11) is -3.69. The predicted molar refractivity (Wildman–Crippen MR) is 112 cm³/mol. The minimum absolute atomic E-state index is 0.0200. The molecule has 0 saturated carbocycles. The molecule has 8 nitrogen and oxygen atoms in total. The van der Waals surface area contributed by atoms with Crippen LogP contribution in [0.15, 0.2) is 59.6 Å². The molecule has 1 N–H and O–H groups in total. The van der Waals surface area contributed by atoms with Gasteiger partial charge in [0.25, 0.3) is 0 Å². The zero-order valence-electron chi connectivity index (χ0n) is 16.0. The zero-order chi connectivity index (χ0) is 21.5. The van der Waals surface area contributed by atoms with Gasteiger partial charge in [0.15, 0.2) is 9.84 Å². The van der Waals surface area contributed by atoms with Gasteiger partial charge in [-0.3, -0.25) is 0 Å². The summed E-state index contributed by atoms with van der Waals surface area (Å²) in [6.07, 6.45) is 1.51. The summed E-state index contributed by atoms with van der Waals surface area (Å²) in [6, 6.07) is 12.2. The average molecular weight is 447 g/mol. The number of carboxylic acid groups (broad SMARTS) is 1. The molecule has 3 aromatic rings. The summed E-state index contributed by atoms with van der Waals surface area (Å²) in [5.74, 6) is -0.591. The first-order chi connectivity index (χ1) is 14.3. The molecule has 0 amide bonds. The van der Waals surface area contributed by atoms with Crippen molar-refractivity contribution in [1.82, 2.24) is 14.8 Å². The minimum atomic E-state index is -3.69. The van der Waals surface area contributed by atoms with Crippen molar-refractivity contribution in [3.05, 3.63) is 65.6 Å². The molecule has 4 rings (SSSR count). The second kappa shape index (κ2) is 7.73. The Balaban J connectivity index is 1.75. The van der Waals surface area contributed by atoms with E-state index in [1.807, 2.05) is 0 Å². The van der Waals surface area contributed by atoms with Crippen LogP contribution in [-0.2, 0) is 14.6 Å². The third-order valence-corrected chi connectivity index (χ3v) is 7.48. The SMILES string of the molecule is Cc1cc(N2C[C@H](S(=O)(=O)c3ccccc3)C[C@H]2C(=O)O)n(-c2ccnc(Cl)c2)n1. The Bertz CT molecular complexity index is 1200. The number of anilines is 1. The van der Waals surface area contributed by atoms with Crippen LogP contribution in [0, 0.1) is 6.92 Å². The van der Waals surface area contributed by atoms with Gasteiger partial charge in [-0.25, -0.2) is 22.9 Å². The van der Waals surface area contributed by atoms with E-state index in [2.05, 4.69) is 10.1 Å². The second-order valence-corrected chi connectivity index (χ2v) is 9.73. The van der Waals surface area contributed by atoms with Crippen LogP contribution < -0.4 is 4.90 Å². The number of rotatable bonds is 5. The molecular formula is C20H19ClN4O4S. The number of carbonyl (C=O) groups is 1. The maximum Gasteiger partial charge on any atom is 0.326 e. The molecule has 2 atom stereocenters. The average Bonchev–Trinajstić information content (AvgIpc) is 3.33. The van der Waals surface area contributed by atoms with Gasteiger partial charge < -0.3 is 10.0 Å². The van der Waals surface area contributed by atoms with Gasteiger partial charge in [0.05, 0.1) is 21.5 Å². The normalized spacial score (nSPS) is 19.2. The molecule has 0 radical (unpaired) electrons. The first kappa shape index (κ1) is 20.4. The topological polar surface area (TPSA) is 105 Å². The van der Waals surface area contributed by atoms with Crippen molar-refractivity contribution in [3.8, 4) is 5.69 Å². The fraction of sp³-hybridized carbons (Fsp3) is 0.250. The Hall–Kier alpha value is -2.91. The third kappa shape index (κ3) is 3.66. The largest absolute Gasteiger partial charge is 0.480 e. The molecule has 156 valence electrons. The van der Waals surface area contributed by atoms with Gasteiger partial charge >= 0.3 is 5.97 Å². The van der Waals surface area contributed by atoms with Gasteiger partial charge in [-0.15, -0.1) is 0 Å². The van der Waals surface area contributed by atoms with Crippen LogP contribution >= 0.6 is 11.6 Å². The maximum atomic E-state index is 13.1. The van der Waals surface area contributed by atoms with Crippen LogP contribution in [0.25, 0.3) is 5.69 Å². The van der Waals surface area contributed by atoms with Gasteiger partial charge in [-0.2, -0.15) is 5.10 Å². The van der Waals surface area contributed by atoms with Crippen molar-refractivity contribution in [2.45, 2.75) is 29.5 Å². The highest BCUT2D eigenvalue weighted by molar-refractivity contribution is 7.92. The number of benzene rings is 1. The quantitative estimate of drug-likeness (QED) is 0.600. The molecule has 1 fully saturated rings. The maximum absolute atomic E-state index is 13.1. The number of nitrogens with zero attached hydrogens (tertiary/aromatic N) is 4. The number of aryl methyl sites for hydroxylation is 1. The molecule has 30 heavy (non-hydrogen) atoms. The standard InChI is InChI=1S/C20H19ClN4O4S/c1-13-9-19(25(23-13)14-7-8-22-18(21)10-14)24-12-16(11-17(24)20(26)27)30(28,29)15-5-3-2-4-6-15/h2-10,16-17H,11-12H2,1H3,(H,26,27)/t16-,17+/m1/s1. The van der Waals surface area contributed by atoms with E-state index in [0.29, 0.717) is 17.2 Å². The summed E-state index contributed by atoms with van der Waals surface area (Å²) in [4.78, 5) is 17.7. The summed E-state index contributed by atoms with van der Waals surface area (Å²) >= 11 is 6.00. The van der Waals surface area contributed by atoms with E-state index in [4.69, 9.17) is 11.6 Å². The summed E-state index contributed by atoms with van der Waals surface area (Å²) in [5.41, 5.74) is 1.27. The van der Waals surface area contributed by atoms with Crippen molar-refractivity contribution in [2.24, 2.45) is 0 Å². The molecular weight excluding hydrogens is 428 g/mol. The van der Waals surface area contributed by atoms with Gasteiger partial charge in [-0.05, 0) is 31.5 Å². The van der Waals surface area contributed by atoms with Crippen molar-refractivity contribution in [2.75, 3.05) is 11.4 Å². The van der Waals surface area contributed by atoms with Crippen molar-refractivity contribution < 1.29 is 18.3 Å². The van der Waals surface area contributed by atoms with E-state index in [0.717, 1.165) is 0 Å². The van der Waals surface area contributed by atoms with Crippen LogP contribution in [0.4, 0.5) is 5.82 Å². The number of hydrogen-bond acceptors (Lipinski definition) is 6. The van der Waals surface area contributed by atoms with Crippen LogP contribution in [-0.4, -0.2) is 52.1 Å². The Morgan fingerprint density at radius 1 is 1.20 bits per heavy atom. The van der Waals surface area contributed by atoms with Crippen LogP contribution in [0.1, 0.15) is 12.1 Å². The highest BCUT2D eigenvalue weighted by Gasteiger charge is 2.44. The summed E-state index contributed by atoms with van der Waals surface area (Å²) in [6.45, 7) is 1.82. The number of carboxylic acids is 1. The first-order valence-electron chi connectivity index (χ1n) is 9.24. The lowest BCUT2D eigenvalue weighted by Gasteiger charge is -2.24. The molecule has 3 heterocycles. The molecule has 10 heteroatoms. The van der Waals surface area contributed by atoms with Crippen molar-refractivity contribution in [1.29, 1.82) is 0 Å². The first-order valence-corrected chi connectivity index (χ1v) is 11.2. The molecule has 0 unspecified atom stereocenters. The van der Waals surface area contributed by atoms with Gasteiger partial charge in [-0.1, -0.05) is 29.8 Å². The fourth-order valence-corrected chi connectivity index (χ4v) is 5.60. The molecule has 0 aliphatic carbocycles. The fourth-order valence-electron chi connectivity index (χ4n) is 3.72. The number of hydrogen-bond donors (Lipinski definition) is 1. The molecule has 1 aliphatic rings. The van der Waals surface area contributed by atoms with Gasteiger partial charge in [0.1, 0.15) is 17.0 Å². The number of pyridine rings is 1. The Morgan fingerprint density at radius 2 is 1.93 bits per heavy atom. The van der Waals surface area contributed by atoms with Crippen LogP contribution in [0.2, 0.25) is 5.15 Å². The van der Waals surface area contributed by atoms with Crippen LogP contribution in [0.5, 0.6) is 0 Å². The van der Waals surface area contributed by atoms with Crippen LogP contribution in [0.3, 0.4) is 0 Å². The third-order valence-electron chi connectivity index (χ3n) is 5.12. The highest BCUT2D eigenvalue weighted by Crippen LogP contribution is 2.33. The zero-order valence-corrected chi connectivity index (χ0v) is 17.6. The lowest BCUT2D eigenvalue weighted by atomic mass is 10.2. The van der Waals surface area contributed by atoms with E-state index in [1.54, 1.807) is 52.9 Å². The monoisotopic (exact) mass is 446 g/mol. The van der Waals surface area contributed by atoms with Gasteiger partial charge in [0, 0.05) is 24.9 Å². The molecule has 1 saturated heterocycles. The van der Waals surface area contributed by atoms with E-state index >= 15 is 0 Å². The molecule has 0 spiro atoms. The Kier molecular flexibility index (Phi) is 5.25. The number of sulfone groups is 1. The van der Waals surface area contributed by atoms with E-state index in [-0.39, 0.29) is 23.0 Å². The van der Waals surface area contributed by atoms with Crippen molar-refractivity contribution >= 4 is 33.2 Å². The number of aromatic nitrogens is 3. The highest BCUT2D eigenvalue weighted by atomic mass is 35.5. The molecule has 0 bridgehead atoms. The second-order valence-electron chi connectivity index (χ2n) is 7.11. The predicted octanol–water partition coefficient (Wildman–Crippen LogP) is 2.73. The molecule has 1 aliphatic heterocycles. The smallest absolute Gasteiger partial charge is 0.326 e. The number of aliphatic carboxylic acids is 1. The van der Waals surface area contributed by atoms with Crippen molar-refractivity contribution in [3.63, 3.8) is 0 Å². The Morgan fingerprint density at radius 3 is 2.60 bits per heavy atom. The molecule has 2 aromatic heterocycles. The number of halogens is 1. The lowest BCUT2D eigenvalue weighted by Crippen LogP contribution is -2.37. The van der Waals surface area contributed by atoms with Gasteiger partial charge in [0.2, 0.25) is 0 Å². The van der Waals surface area contributed by atoms with E-state index in [9.17, 15) is 18.3 Å². The Labute approximate surface area is 178 Å². The van der Waals surface area contributed by atoms with E-state index < -0.39 is 27.1 Å². The van der Waals surface area contributed by atoms with E-state index in [1.165, 1.54) is 18.3 Å². The minimum Gasteiger partial charge on any atom is -0.480 e. The summed E-state index contributed by atoms with van der Waals surface area (Å²) in [5, 5.41) is 13.7. The lowest BCUT2D eigenvalue weighted by molar-refractivity contribution is -0.138.